The van der Waals surface area contributed by atoms with E-state index in [9.17, 15) is 14.9 Å². The van der Waals surface area contributed by atoms with Gasteiger partial charge in [-0.05, 0) is 35.2 Å². The number of non-ortho nitro benzene ring substituents is 1. The molecule has 30 heavy (non-hydrogen) atoms. The third-order valence-electron chi connectivity index (χ3n) is 5.02. The minimum Gasteiger partial charge on any atom is -0.478 e. The average molecular weight is 420 g/mol. The van der Waals surface area contributed by atoms with Crippen LogP contribution in [0.5, 0.6) is 11.5 Å². The van der Waals surface area contributed by atoms with Crippen molar-refractivity contribution < 1.29 is 19.2 Å². The number of fused-ring (bicyclic) bond motifs is 3. The van der Waals surface area contributed by atoms with E-state index in [0.717, 1.165) is 12.1 Å². The first-order chi connectivity index (χ1) is 14.6. The summed E-state index contributed by atoms with van der Waals surface area (Å²) in [5.41, 5.74) is 1.81. The Morgan fingerprint density at radius 3 is 2.90 bits per heavy atom. The molecule has 0 atom stereocenters. The summed E-state index contributed by atoms with van der Waals surface area (Å²) in [6.07, 6.45) is 1.54. The van der Waals surface area contributed by atoms with Gasteiger partial charge in [-0.2, -0.15) is 0 Å². The highest BCUT2D eigenvalue weighted by Gasteiger charge is 2.33. The van der Waals surface area contributed by atoms with Crippen molar-refractivity contribution in [1.29, 1.82) is 0 Å². The number of allylic oxidation sites excluding steroid dienone is 1. The third kappa shape index (κ3) is 3.36. The molecule has 2 aliphatic heterocycles. The molecule has 7 nitrogen and oxygen atoms in total. The highest BCUT2D eigenvalue weighted by Crippen LogP contribution is 2.42. The normalized spacial score (nSPS) is 16.7. The molecule has 0 spiro atoms. The van der Waals surface area contributed by atoms with Crippen molar-refractivity contribution in [3.8, 4) is 11.5 Å². The number of carbonyl (C=O) groups excluding carboxylic acids is 1. The Morgan fingerprint density at radius 2 is 2.10 bits per heavy atom. The fraction of sp³-hybridized carbons (Fsp3) is 0.136. The van der Waals surface area contributed by atoms with Gasteiger partial charge in [0.15, 0.2) is 5.76 Å². The Labute approximate surface area is 175 Å². The summed E-state index contributed by atoms with van der Waals surface area (Å²) in [5, 5.41) is 13.0. The zero-order valence-corrected chi connectivity index (χ0v) is 16.6. The molecule has 150 valence electrons. The lowest BCUT2D eigenvalue weighted by atomic mass is 10.0. The van der Waals surface area contributed by atoms with Crippen LogP contribution in [-0.4, -0.2) is 22.3 Å². The number of carbonyl (C=O) groups is 1. The zero-order chi connectivity index (χ0) is 20.7. The first-order valence-electron chi connectivity index (χ1n) is 9.30. The molecule has 0 unspecified atom stereocenters. The van der Waals surface area contributed by atoms with Crippen molar-refractivity contribution in [3.63, 3.8) is 0 Å². The van der Waals surface area contributed by atoms with Gasteiger partial charge in [0.2, 0.25) is 5.78 Å². The number of thiophene rings is 1. The van der Waals surface area contributed by atoms with Crippen LogP contribution >= 0.6 is 11.3 Å². The van der Waals surface area contributed by atoms with Crippen LogP contribution in [0.25, 0.3) is 6.08 Å². The first-order valence-corrected chi connectivity index (χ1v) is 10.2. The van der Waals surface area contributed by atoms with E-state index in [1.54, 1.807) is 35.6 Å². The van der Waals surface area contributed by atoms with E-state index in [0.29, 0.717) is 35.9 Å². The minimum absolute atomic E-state index is 0.0395. The summed E-state index contributed by atoms with van der Waals surface area (Å²) in [4.78, 5) is 26.8. The van der Waals surface area contributed by atoms with Gasteiger partial charge in [-0.1, -0.05) is 18.2 Å². The minimum atomic E-state index is -0.468. The van der Waals surface area contributed by atoms with Crippen LogP contribution in [0, 0.1) is 10.1 Å². The van der Waals surface area contributed by atoms with Gasteiger partial charge in [0.1, 0.15) is 18.2 Å². The topological polar surface area (TPSA) is 81.9 Å². The molecule has 0 fully saturated rings. The van der Waals surface area contributed by atoms with Crippen LogP contribution in [-0.2, 0) is 13.1 Å². The Hall–Kier alpha value is -3.49. The molecule has 1 aromatic heterocycles. The molecule has 3 aromatic rings. The van der Waals surface area contributed by atoms with E-state index >= 15 is 0 Å². The molecule has 0 radical (unpaired) electrons. The lowest BCUT2D eigenvalue weighted by Crippen LogP contribution is -2.31. The average Bonchev–Trinajstić information content (AvgIpc) is 3.37. The van der Waals surface area contributed by atoms with Crippen molar-refractivity contribution in [1.82, 2.24) is 4.90 Å². The van der Waals surface area contributed by atoms with Crippen LogP contribution in [0.15, 0.2) is 59.7 Å². The predicted molar refractivity (Wildman–Crippen MR) is 112 cm³/mol. The highest BCUT2D eigenvalue weighted by atomic mass is 32.1. The number of benzene rings is 2. The molecule has 5 rings (SSSR count). The molecule has 3 heterocycles. The van der Waals surface area contributed by atoms with Gasteiger partial charge in [-0.3, -0.25) is 19.8 Å². The van der Waals surface area contributed by atoms with Gasteiger partial charge in [-0.15, -0.1) is 11.3 Å². The number of Topliss-reactive ketones (excluding diaryl/α,β-unsaturated/α-hetero) is 1. The lowest BCUT2D eigenvalue weighted by molar-refractivity contribution is -0.384. The van der Waals surface area contributed by atoms with Crippen molar-refractivity contribution in [2.75, 3.05) is 6.73 Å². The van der Waals surface area contributed by atoms with Crippen LogP contribution in [0.4, 0.5) is 5.69 Å². The maximum atomic E-state index is 12.9. The molecule has 0 bridgehead atoms. The van der Waals surface area contributed by atoms with Gasteiger partial charge in [0.05, 0.1) is 16.1 Å². The molecule has 0 N–H and O–H groups in total. The standard InChI is InChI=1S/C22H16N2O5S/c25-21-17-6-7-19-18(12-23(13-28-19)11-16-5-2-8-30-16)22(17)29-20(21)10-14-3-1-4-15(9-14)24(26)27/h1-10H,11-13H2/b20-10-. The number of nitro benzene ring substituents is 1. The summed E-state index contributed by atoms with van der Waals surface area (Å²) in [6.45, 7) is 1.83. The molecule has 2 aliphatic rings. The molecular formula is C22H16N2O5S. The number of hydrogen-bond donors (Lipinski definition) is 0. The summed E-state index contributed by atoms with van der Waals surface area (Å²) in [6, 6.07) is 13.7. The van der Waals surface area contributed by atoms with Gasteiger partial charge in [0.25, 0.3) is 5.69 Å². The fourth-order valence-corrected chi connectivity index (χ4v) is 4.35. The van der Waals surface area contributed by atoms with E-state index in [-0.39, 0.29) is 17.2 Å². The highest BCUT2D eigenvalue weighted by molar-refractivity contribution is 7.09. The van der Waals surface area contributed by atoms with Gasteiger partial charge >= 0.3 is 0 Å². The van der Waals surface area contributed by atoms with Crippen molar-refractivity contribution in [3.05, 3.63) is 91.4 Å². The number of nitrogens with zero attached hydrogens (tertiary/aromatic N) is 2. The summed E-state index contributed by atoms with van der Waals surface area (Å²) in [7, 11) is 0. The molecule has 0 saturated carbocycles. The van der Waals surface area contributed by atoms with Gasteiger partial charge in [0, 0.05) is 30.1 Å². The van der Waals surface area contributed by atoms with Crippen molar-refractivity contribution in [2.24, 2.45) is 0 Å². The van der Waals surface area contributed by atoms with E-state index < -0.39 is 4.92 Å². The molecular weight excluding hydrogens is 404 g/mol. The smallest absolute Gasteiger partial charge is 0.270 e. The summed E-state index contributed by atoms with van der Waals surface area (Å²) >= 11 is 1.69. The molecule has 0 saturated heterocycles. The zero-order valence-electron chi connectivity index (χ0n) is 15.7. The fourth-order valence-electron chi connectivity index (χ4n) is 3.61. The maximum absolute atomic E-state index is 12.9. The second-order valence-corrected chi connectivity index (χ2v) is 8.08. The Kier molecular flexibility index (Phi) is 4.57. The largest absolute Gasteiger partial charge is 0.478 e. The van der Waals surface area contributed by atoms with Gasteiger partial charge in [-0.25, -0.2) is 0 Å². The predicted octanol–water partition coefficient (Wildman–Crippen LogP) is 4.62. The lowest BCUT2D eigenvalue weighted by Gasteiger charge is -2.29. The summed E-state index contributed by atoms with van der Waals surface area (Å²) < 4.78 is 11.8. The first kappa shape index (κ1) is 18.5. The van der Waals surface area contributed by atoms with Gasteiger partial charge < -0.3 is 9.47 Å². The van der Waals surface area contributed by atoms with E-state index in [1.807, 2.05) is 11.4 Å². The number of ketones is 1. The second-order valence-electron chi connectivity index (χ2n) is 7.05. The SMILES string of the molecule is O=C1/C(=C/c2cccc([N+](=O)[O-])c2)Oc2c1ccc1c2CN(Cc2cccs2)CO1. The van der Waals surface area contributed by atoms with Crippen LogP contribution in [0.3, 0.4) is 0 Å². The number of rotatable bonds is 4. The van der Waals surface area contributed by atoms with Crippen LogP contribution in [0.1, 0.15) is 26.4 Å². The molecule has 0 aliphatic carbocycles. The number of hydrogen-bond acceptors (Lipinski definition) is 7. The van der Waals surface area contributed by atoms with Crippen LogP contribution < -0.4 is 9.47 Å². The maximum Gasteiger partial charge on any atom is 0.270 e. The number of nitro groups is 1. The second kappa shape index (κ2) is 7.40. The molecule has 8 heteroatoms. The quantitative estimate of drug-likeness (QED) is 0.348. The Bertz CT molecular complexity index is 1190. The molecule has 0 amide bonds. The number of ether oxygens (including phenoxy) is 2. The van der Waals surface area contributed by atoms with E-state index in [4.69, 9.17) is 9.47 Å². The van der Waals surface area contributed by atoms with Crippen molar-refractivity contribution >= 4 is 28.9 Å². The van der Waals surface area contributed by atoms with Crippen molar-refractivity contribution in [2.45, 2.75) is 13.1 Å². The van der Waals surface area contributed by atoms with E-state index in [1.165, 1.54) is 23.1 Å². The monoisotopic (exact) mass is 420 g/mol. The van der Waals surface area contributed by atoms with Crippen LogP contribution in [0.2, 0.25) is 0 Å². The van der Waals surface area contributed by atoms with E-state index in [2.05, 4.69) is 11.0 Å². The Balaban J connectivity index is 1.44. The third-order valence-corrected chi connectivity index (χ3v) is 5.88. The summed E-state index contributed by atoms with van der Waals surface area (Å²) in [5.74, 6) is 1.12. The Morgan fingerprint density at radius 1 is 1.20 bits per heavy atom. The molecule has 2 aromatic carbocycles.